The van der Waals surface area contributed by atoms with E-state index in [1.807, 2.05) is 6.92 Å². The van der Waals surface area contributed by atoms with E-state index in [4.69, 9.17) is 5.11 Å². The molecule has 0 aromatic carbocycles. The van der Waals surface area contributed by atoms with E-state index in [1.54, 1.807) is 0 Å². The zero-order valence-corrected chi connectivity index (χ0v) is 11.2. The zero-order chi connectivity index (χ0) is 14.2. The van der Waals surface area contributed by atoms with Gasteiger partial charge in [0.25, 0.3) is 0 Å². The zero-order valence-electron chi connectivity index (χ0n) is 10.4. The monoisotopic (exact) mass is 281 g/mol. The van der Waals surface area contributed by atoms with Crippen LogP contribution < -0.4 is 15.4 Å². The van der Waals surface area contributed by atoms with Gasteiger partial charge < -0.3 is 15.7 Å². The summed E-state index contributed by atoms with van der Waals surface area (Å²) in [4.78, 5) is 22.0. The topological polar surface area (TPSA) is 125 Å². The number of amides is 2. The molecule has 0 aliphatic rings. The van der Waals surface area contributed by atoms with Crippen LogP contribution in [-0.4, -0.2) is 50.9 Å². The largest absolute Gasteiger partial charge is 0.480 e. The van der Waals surface area contributed by atoms with Gasteiger partial charge in [0.15, 0.2) is 0 Å². The number of aliphatic carboxylic acids is 1. The van der Waals surface area contributed by atoms with Crippen molar-refractivity contribution >= 4 is 22.0 Å². The third-order valence-electron chi connectivity index (χ3n) is 1.96. The van der Waals surface area contributed by atoms with Crippen LogP contribution in [0.2, 0.25) is 0 Å². The summed E-state index contributed by atoms with van der Waals surface area (Å²) in [5.74, 6) is -1.10. The molecule has 0 aliphatic carbocycles. The third kappa shape index (κ3) is 8.76. The maximum atomic E-state index is 11.3. The van der Waals surface area contributed by atoms with Gasteiger partial charge in [0, 0.05) is 13.1 Å². The summed E-state index contributed by atoms with van der Waals surface area (Å²) in [7, 11) is -3.28. The number of nitrogens with one attached hydrogen (secondary N) is 3. The Morgan fingerprint density at radius 3 is 2.33 bits per heavy atom. The lowest BCUT2D eigenvalue weighted by Crippen LogP contribution is -2.47. The molecule has 0 aliphatic heterocycles. The number of rotatable bonds is 8. The van der Waals surface area contributed by atoms with Crippen molar-refractivity contribution in [3.8, 4) is 0 Å². The Hall–Kier alpha value is -1.35. The van der Waals surface area contributed by atoms with Gasteiger partial charge in [-0.1, -0.05) is 13.3 Å². The minimum atomic E-state index is -3.28. The molecule has 0 rings (SSSR count). The van der Waals surface area contributed by atoms with Crippen LogP contribution in [0.3, 0.4) is 0 Å². The maximum Gasteiger partial charge on any atom is 0.326 e. The molecule has 0 unspecified atom stereocenters. The lowest BCUT2D eigenvalue weighted by atomic mass is 10.2. The fourth-order valence-corrected chi connectivity index (χ4v) is 1.64. The first-order valence-corrected chi connectivity index (χ1v) is 7.37. The van der Waals surface area contributed by atoms with Gasteiger partial charge in [-0.3, -0.25) is 0 Å². The predicted molar refractivity (Wildman–Crippen MR) is 65.7 cm³/mol. The number of carboxylic acids is 1. The fraction of sp³-hybridized carbons (Fsp3) is 0.778. The highest BCUT2D eigenvalue weighted by molar-refractivity contribution is 7.88. The highest BCUT2D eigenvalue weighted by Gasteiger charge is 2.18. The van der Waals surface area contributed by atoms with Crippen LogP contribution in [0.15, 0.2) is 0 Å². The summed E-state index contributed by atoms with van der Waals surface area (Å²) in [5, 5.41) is 13.4. The molecule has 4 N–H and O–H groups in total. The number of hydrogen-bond donors (Lipinski definition) is 4. The normalized spacial score (nSPS) is 12.8. The molecule has 0 radical (unpaired) electrons. The number of hydrogen-bond acceptors (Lipinski definition) is 4. The second-order valence-electron chi connectivity index (χ2n) is 3.75. The molecule has 0 aromatic rings. The molecule has 106 valence electrons. The van der Waals surface area contributed by atoms with E-state index in [-0.39, 0.29) is 13.1 Å². The van der Waals surface area contributed by atoms with Crippen molar-refractivity contribution < 1.29 is 23.1 Å². The Kier molecular flexibility index (Phi) is 7.29. The fourth-order valence-electron chi connectivity index (χ4n) is 1.17. The quantitative estimate of drug-likeness (QED) is 0.429. The lowest BCUT2D eigenvalue weighted by Gasteiger charge is -2.14. The highest BCUT2D eigenvalue weighted by atomic mass is 32.2. The first kappa shape index (κ1) is 16.6. The van der Waals surface area contributed by atoms with Crippen molar-refractivity contribution in [1.82, 2.24) is 15.4 Å². The molecule has 18 heavy (non-hydrogen) atoms. The van der Waals surface area contributed by atoms with E-state index in [1.165, 1.54) is 0 Å². The van der Waals surface area contributed by atoms with Gasteiger partial charge in [0.2, 0.25) is 10.0 Å². The van der Waals surface area contributed by atoms with Crippen molar-refractivity contribution in [2.75, 3.05) is 19.3 Å². The molecule has 8 nitrogen and oxygen atoms in total. The Labute approximate surface area is 106 Å². The number of carboxylic acid groups (broad SMARTS) is 1. The smallest absolute Gasteiger partial charge is 0.326 e. The predicted octanol–water partition coefficient (Wildman–Crippen LogP) is -0.912. The van der Waals surface area contributed by atoms with Gasteiger partial charge in [0.1, 0.15) is 6.04 Å². The number of carbonyl (C=O) groups excluding carboxylic acids is 1. The van der Waals surface area contributed by atoms with Crippen molar-refractivity contribution in [2.45, 2.75) is 25.8 Å². The molecule has 0 bridgehead atoms. The van der Waals surface area contributed by atoms with Crippen LogP contribution in [0.25, 0.3) is 0 Å². The Morgan fingerprint density at radius 2 is 1.89 bits per heavy atom. The minimum Gasteiger partial charge on any atom is -0.480 e. The van der Waals surface area contributed by atoms with Crippen molar-refractivity contribution in [3.05, 3.63) is 0 Å². The molecule has 9 heteroatoms. The van der Waals surface area contributed by atoms with Crippen LogP contribution in [0, 0.1) is 0 Å². The molecule has 2 amide bonds. The van der Waals surface area contributed by atoms with E-state index < -0.39 is 28.1 Å². The second-order valence-corrected chi connectivity index (χ2v) is 5.58. The molecular formula is C9H19N3O5S. The van der Waals surface area contributed by atoms with E-state index in [2.05, 4.69) is 15.4 Å². The van der Waals surface area contributed by atoms with Gasteiger partial charge in [0.05, 0.1) is 6.26 Å². The lowest BCUT2D eigenvalue weighted by molar-refractivity contribution is -0.139. The van der Waals surface area contributed by atoms with Crippen LogP contribution in [0.5, 0.6) is 0 Å². The summed E-state index contributed by atoms with van der Waals surface area (Å²) < 4.78 is 23.6. The molecule has 0 saturated carbocycles. The Balaban J connectivity index is 3.92. The average Bonchev–Trinajstić information content (AvgIpc) is 2.22. The van der Waals surface area contributed by atoms with Crippen molar-refractivity contribution in [1.29, 1.82) is 0 Å². The number of urea groups is 1. The summed E-state index contributed by atoms with van der Waals surface area (Å²) in [6, 6.07) is -1.57. The molecule has 0 aromatic heterocycles. The SMILES string of the molecule is CCC[C@H](NC(=O)NCCNS(C)(=O)=O)C(=O)O. The summed E-state index contributed by atoms with van der Waals surface area (Å²) in [5.41, 5.74) is 0. The Morgan fingerprint density at radius 1 is 1.28 bits per heavy atom. The van der Waals surface area contributed by atoms with Gasteiger partial charge in [-0.15, -0.1) is 0 Å². The minimum absolute atomic E-state index is 0.0533. The molecule has 0 spiro atoms. The molecule has 0 heterocycles. The standard InChI is InChI=1S/C9H19N3O5S/c1-3-4-7(8(13)14)12-9(15)10-5-6-11-18(2,16)17/h7,11H,3-6H2,1-2H3,(H,13,14)(H2,10,12,15)/t7-/m0/s1. The van der Waals surface area contributed by atoms with E-state index in [9.17, 15) is 18.0 Å². The average molecular weight is 281 g/mol. The summed E-state index contributed by atoms with van der Waals surface area (Å²) in [6.07, 6.45) is 1.98. The maximum absolute atomic E-state index is 11.3. The molecule has 0 fully saturated rings. The summed E-state index contributed by atoms with van der Waals surface area (Å²) >= 11 is 0. The first-order chi connectivity index (χ1) is 8.26. The van der Waals surface area contributed by atoms with Crippen molar-refractivity contribution in [2.24, 2.45) is 0 Å². The third-order valence-corrected chi connectivity index (χ3v) is 2.68. The summed E-state index contributed by atoms with van der Waals surface area (Å²) in [6.45, 7) is 1.95. The first-order valence-electron chi connectivity index (χ1n) is 5.48. The van der Waals surface area contributed by atoms with Crippen LogP contribution >= 0.6 is 0 Å². The van der Waals surface area contributed by atoms with E-state index in [0.717, 1.165) is 6.26 Å². The number of carbonyl (C=O) groups is 2. The van der Waals surface area contributed by atoms with Gasteiger partial charge in [-0.05, 0) is 6.42 Å². The van der Waals surface area contributed by atoms with Gasteiger partial charge in [-0.25, -0.2) is 22.7 Å². The van der Waals surface area contributed by atoms with E-state index >= 15 is 0 Å². The van der Waals surface area contributed by atoms with Crippen LogP contribution in [0.1, 0.15) is 19.8 Å². The number of sulfonamides is 1. The second kappa shape index (κ2) is 7.88. The van der Waals surface area contributed by atoms with Crippen molar-refractivity contribution in [3.63, 3.8) is 0 Å². The Bertz CT molecular complexity index is 382. The van der Waals surface area contributed by atoms with Gasteiger partial charge >= 0.3 is 12.0 Å². The molecular weight excluding hydrogens is 262 g/mol. The highest BCUT2D eigenvalue weighted by Crippen LogP contribution is 1.96. The van der Waals surface area contributed by atoms with E-state index in [0.29, 0.717) is 12.8 Å². The van der Waals surface area contributed by atoms with Gasteiger partial charge in [-0.2, -0.15) is 0 Å². The molecule has 0 saturated heterocycles. The van der Waals surface area contributed by atoms with Crippen LogP contribution in [0.4, 0.5) is 4.79 Å². The molecule has 1 atom stereocenters. The van der Waals surface area contributed by atoms with Crippen LogP contribution in [-0.2, 0) is 14.8 Å².